The van der Waals surface area contributed by atoms with E-state index in [1.54, 1.807) is 26.1 Å². The molecule has 1 aromatic carbocycles. The van der Waals surface area contributed by atoms with E-state index < -0.39 is 79.7 Å². The van der Waals surface area contributed by atoms with Crippen LogP contribution in [0.15, 0.2) is 28.0 Å². The van der Waals surface area contributed by atoms with Crippen LogP contribution in [0, 0.1) is 36.0 Å². The number of aryl methyl sites for hydroxylation is 1. The number of hydrogen-bond donors (Lipinski definition) is 0. The van der Waals surface area contributed by atoms with Crippen LogP contribution in [-0.2, 0) is 10.0 Å². The molecule has 5 rings (SSSR count). The van der Waals surface area contributed by atoms with Crippen LogP contribution in [0.2, 0.25) is 5.15 Å². The van der Waals surface area contributed by atoms with E-state index in [1.165, 1.54) is 9.47 Å². The largest absolute Gasteiger partial charge is 0.492 e. The van der Waals surface area contributed by atoms with Crippen molar-refractivity contribution in [2.45, 2.75) is 44.6 Å². The zero-order valence-electron chi connectivity index (χ0n) is 24.5. The van der Waals surface area contributed by atoms with Gasteiger partial charge in [-0.15, -0.1) is 0 Å². The number of methoxy groups -OCH3 is 1. The second-order valence-corrected chi connectivity index (χ2v) is 13.0. The predicted octanol–water partition coefficient (Wildman–Crippen LogP) is 4.86. The van der Waals surface area contributed by atoms with Crippen molar-refractivity contribution < 1.29 is 35.1 Å². The minimum Gasteiger partial charge on any atom is -0.492 e. The Morgan fingerprint density at radius 1 is 1.04 bits per heavy atom. The molecule has 1 aliphatic heterocycles. The Morgan fingerprint density at radius 3 is 2.33 bits per heavy atom. The second kappa shape index (κ2) is 11.8. The molecule has 1 fully saturated rings. The summed E-state index contributed by atoms with van der Waals surface area (Å²) in [5.41, 5.74) is 0.796. The van der Waals surface area contributed by atoms with Gasteiger partial charge in [0.25, 0.3) is 0 Å². The molecule has 1 aliphatic rings. The van der Waals surface area contributed by atoms with Gasteiger partial charge in [-0.2, -0.15) is 13.7 Å². The van der Waals surface area contributed by atoms with Crippen molar-refractivity contribution in [2.24, 2.45) is 0 Å². The van der Waals surface area contributed by atoms with E-state index in [4.69, 9.17) is 11.6 Å². The Labute approximate surface area is 259 Å². The normalized spacial score (nSPS) is 16.2. The lowest BCUT2D eigenvalue weighted by Gasteiger charge is -2.40. The Balaban J connectivity index is 1.62. The van der Waals surface area contributed by atoms with Crippen molar-refractivity contribution in [3.63, 3.8) is 0 Å². The van der Waals surface area contributed by atoms with Crippen molar-refractivity contribution in [3.8, 4) is 11.4 Å². The highest BCUT2D eigenvalue weighted by molar-refractivity contribution is 7.89. The minimum atomic E-state index is -4.98. The summed E-state index contributed by atoms with van der Waals surface area (Å²) in [5, 5.41) is -0.424. The van der Waals surface area contributed by atoms with Gasteiger partial charge in [-0.3, -0.25) is 4.98 Å². The lowest BCUT2D eigenvalue weighted by molar-refractivity contribution is 0.314. The van der Waals surface area contributed by atoms with Gasteiger partial charge >= 0.3 is 5.69 Å². The molecule has 0 spiro atoms. The van der Waals surface area contributed by atoms with E-state index in [2.05, 4.69) is 19.7 Å². The summed E-state index contributed by atoms with van der Waals surface area (Å²) in [7, 11) is -4.20. The number of halogens is 6. The predicted molar refractivity (Wildman–Crippen MR) is 155 cm³/mol. The molecular formula is C28H26ClF5N6O4S. The van der Waals surface area contributed by atoms with Crippen LogP contribution in [0.4, 0.5) is 27.8 Å². The van der Waals surface area contributed by atoms with Crippen molar-refractivity contribution >= 4 is 38.5 Å². The average molecular weight is 673 g/mol. The van der Waals surface area contributed by atoms with Gasteiger partial charge in [0.1, 0.15) is 5.82 Å². The van der Waals surface area contributed by atoms with Gasteiger partial charge in [0, 0.05) is 31.9 Å². The fraction of sp³-hybridized carbons (Fsp3) is 0.357. The number of fused-ring (bicyclic) bond motifs is 1. The molecule has 3 aromatic heterocycles. The number of piperazine rings is 1. The molecule has 4 heterocycles. The topological polar surface area (TPSA) is 111 Å². The number of sulfonamides is 1. The molecule has 0 radical (unpaired) electrons. The monoisotopic (exact) mass is 672 g/mol. The SMILES string of the molecule is COc1c(F)c(F)c(F)c(F)c1S(=O)(=O)N1CCN(c2nc(=O)n(-c3c(C)ccnc3C(C)C)c3nc(Cl)c(F)cc23)[C@@H](C)C1. The average Bonchev–Trinajstić information content (AvgIpc) is 2.98. The first-order chi connectivity index (χ1) is 21.1. The first-order valence-corrected chi connectivity index (χ1v) is 15.3. The summed E-state index contributed by atoms with van der Waals surface area (Å²) in [5.74, 6) is -11.1. The number of benzene rings is 1. The van der Waals surface area contributed by atoms with Crippen LogP contribution in [-0.4, -0.2) is 65.0 Å². The van der Waals surface area contributed by atoms with Crippen LogP contribution in [0.5, 0.6) is 5.75 Å². The molecule has 4 aromatic rings. The van der Waals surface area contributed by atoms with Gasteiger partial charge in [0.15, 0.2) is 38.9 Å². The number of hydrogen-bond acceptors (Lipinski definition) is 8. The number of aromatic nitrogens is 4. The Kier molecular flexibility index (Phi) is 8.52. The van der Waals surface area contributed by atoms with E-state index in [1.807, 2.05) is 13.8 Å². The molecule has 1 saturated heterocycles. The highest BCUT2D eigenvalue weighted by atomic mass is 35.5. The zero-order chi connectivity index (χ0) is 33.1. The molecule has 0 aliphatic carbocycles. The maximum atomic E-state index is 14.9. The lowest BCUT2D eigenvalue weighted by Crippen LogP contribution is -2.54. The van der Waals surface area contributed by atoms with Crippen LogP contribution in [0.1, 0.15) is 37.9 Å². The van der Waals surface area contributed by atoms with Gasteiger partial charge in [0.2, 0.25) is 21.7 Å². The van der Waals surface area contributed by atoms with Gasteiger partial charge in [-0.05, 0) is 37.5 Å². The number of nitrogens with zero attached hydrogens (tertiary/aromatic N) is 6. The summed E-state index contributed by atoms with van der Waals surface area (Å²) in [6.07, 6.45) is 1.59. The number of anilines is 1. The standard InChI is InChI=1S/C28H26ClF5N6O4S/c1-12(2)21-22(13(3)6-7-35-21)40-27-15(10-16(30)25(29)36-27)26(37-28(40)41)39-9-8-38(11-14(39)4)45(42,43)24-20(34)18(32)17(31)19(33)23(24)44-5/h6-7,10,12,14H,8-9,11H2,1-5H3/t14-/m0/s1. The lowest BCUT2D eigenvalue weighted by atomic mass is 10.0. The summed E-state index contributed by atoms with van der Waals surface area (Å²) >= 11 is 6.06. The van der Waals surface area contributed by atoms with Crippen molar-refractivity contribution in [1.29, 1.82) is 0 Å². The van der Waals surface area contributed by atoms with Gasteiger partial charge in [0.05, 0.1) is 23.9 Å². The molecule has 10 nitrogen and oxygen atoms in total. The first-order valence-electron chi connectivity index (χ1n) is 13.5. The Hall–Kier alpha value is -3.89. The maximum absolute atomic E-state index is 14.9. The third kappa shape index (κ3) is 5.27. The van der Waals surface area contributed by atoms with Crippen molar-refractivity contribution in [3.05, 3.63) is 74.3 Å². The third-order valence-electron chi connectivity index (χ3n) is 7.53. The van der Waals surface area contributed by atoms with Crippen molar-refractivity contribution in [2.75, 3.05) is 31.6 Å². The zero-order valence-corrected chi connectivity index (χ0v) is 26.1. The van der Waals surface area contributed by atoms with Crippen LogP contribution < -0.4 is 15.3 Å². The van der Waals surface area contributed by atoms with E-state index >= 15 is 0 Å². The smallest absolute Gasteiger partial charge is 0.355 e. The van der Waals surface area contributed by atoms with Crippen LogP contribution in [0.25, 0.3) is 16.7 Å². The first kappa shape index (κ1) is 32.5. The number of pyridine rings is 2. The molecule has 0 bridgehead atoms. The molecule has 0 unspecified atom stereocenters. The van der Waals surface area contributed by atoms with E-state index in [9.17, 15) is 35.2 Å². The summed E-state index contributed by atoms with van der Waals surface area (Å²) in [4.78, 5) is 26.6. The minimum absolute atomic E-state index is 0.0271. The number of rotatable bonds is 6. The van der Waals surface area contributed by atoms with Crippen LogP contribution in [0.3, 0.4) is 0 Å². The van der Waals surface area contributed by atoms with Crippen LogP contribution >= 0.6 is 11.6 Å². The Morgan fingerprint density at radius 2 is 1.71 bits per heavy atom. The highest BCUT2D eigenvalue weighted by Crippen LogP contribution is 2.37. The fourth-order valence-corrected chi connectivity index (χ4v) is 7.23. The van der Waals surface area contributed by atoms with Gasteiger partial charge in [-0.1, -0.05) is 25.4 Å². The molecule has 17 heteroatoms. The van der Waals surface area contributed by atoms with Crippen molar-refractivity contribution in [1.82, 2.24) is 23.8 Å². The molecule has 45 heavy (non-hydrogen) atoms. The molecule has 0 N–H and O–H groups in total. The fourth-order valence-electron chi connectivity index (χ4n) is 5.38. The van der Waals surface area contributed by atoms with E-state index in [0.29, 0.717) is 16.9 Å². The molecular weight excluding hydrogens is 647 g/mol. The van der Waals surface area contributed by atoms with Gasteiger partial charge < -0.3 is 9.64 Å². The quantitative estimate of drug-likeness (QED) is 0.124. The summed E-state index contributed by atoms with van der Waals surface area (Å²) in [6, 6.07) is 1.94. The third-order valence-corrected chi connectivity index (χ3v) is 9.69. The van der Waals surface area contributed by atoms with E-state index in [-0.39, 0.29) is 29.3 Å². The molecule has 240 valence electrons. The molecule has 1 atom stereocenters. The van der Waals surface area contributed by atoms with E-state index in [0.717, 1.165) is 17.5 Å². The summed E-state index contributed by atoms with van der Waals surface area (Å²) in [6.45, 7) is 6.08. The maximum Gasteiger partial charge on any atom is 0.355 e. The molecule has 0 amide bonds. The molecule has 0 saturated carbocycles. The second-order valence-electron chi connectivity index (χ2n) is 10.7. The van der Waals surface area contributed by atoms with Gasteiger partial charge in [-0.25, -0.2) is 40.3 Å². The number of ether oxygens (including phenoxy) is 1. The Bertz CT molecular complexity index is 2030. The summed E-state index contributed by atoms with van der Waals surface area (Å²) < 4.78 is 105. The highest BCUT2D eigenvalue weighted by Gasteiger charge is 2.40.